The molecule has 4 aliphatic rings. The van der Waals surface area contributed by atoms with E-state index in [1.807, 2.05) is 0 Å². The molecule has 1 amide bonds. The van der Waals surface area contributed by atoms with Crippen molar-refractivity contribution in [1.29, 1.82) is 0 Å². The van der Waals surface area contributed by atoms with Gasteiger partial charge in [0.25, 0.3) is 0 Å². The molecule has 4 heteroatoms. The van der Waals surface area contributed by atoms with Crippen molar-refractivity contribution in [2.45, 2.75) is 70.6 Å². The lowest BCUT2D eigenvalue weighted by molar-refractivity contribution is -0.334. The molecule has 0 aromatic rings. The quantitative estimate of drug-likeness (QED) is 0.722. The summed E-state index contributed by atoms with van der Waals surface area (Å²) >= 11 is 0. The summed E-state index contributed by atoms with van der Waals surface area (Å²) in [7, 11) is 3.47. The van der Waals surface area contributed by atoms with Crippen molar-refractivity contribution >= 4 is 5.91 Å². The molecule has 3 saturated carbocycles. The predicted molar refractivity (Wildman–Crippen MR) is 92.3 cm³/mol. The molecule has 0 aromatic carbocycles. The van der Waals surface area contributed by atoms with Crippen LogP contribution in [0.5, 0.6) is 0 Å². The van der Waals surface area contributed by atoms with Gasteiger partial charge in [0.15, 0.2) is 5.79 Å². The SMILES string of the molecule is COC1(OC)CC2(CN(C(=O)CC3CC4CCC3C4)C2C(C)C)C1. The van der Waals surface area contributed by atoms with Crippen LogP contribution in [0.15, 0.2) is 0 Å². The molecule has 2 bridgehead atoms. The van der Waals surface area contributed by atoms with Crippen LogP contribution < -0.4 is 0 Å². The Morgan fingerprint density at radius 2 is 1.88 bits per heavy atom. The third-order valence-corrected chi connectivity index (χ3v) is 7.71. The second kappa shape index (κ2) is 5.70. The van der Waals surface area contributed by atoms with Gasteiger partial charge in [-0.05, 0) is 42.9 Å². The maximum atomic E-state index is 13.0. The molecular formula is C20H33NO3. The molecule has 1 heterocycles. The molecule has 4 unspecified atom stereocenters. The summed E-state index contributed by atoms with van der Waals surface area (Å²) in [6.45, 7) is 5.41. The zero-order valence-corrected chi connectivity index (χ0v) is 15.7. The highest BCUT2D eigenvalue weighted by atomic mass is 16.7. The van der Waals surface area contributed by atoms with Crippen molar-refractivity contribution in [3.8, 4) is 0 Å². The van der Waals surface area contributed by atoms with Crippen LogP contribution in [0.1, 0.15) is 58.8 Å². The lowest BCUT2D eigenvalue weighted by Crippen LogP contribution is -2.76. The third-order valence-electron chi connectivity index (χ3n) is 7.71. The van der Waals surface area contributed by atoms with E-state index in [2.05, 4.69) is 18.7 Å². The van der Waals surface area contributed by atoms with Crippen LogP contribution in [0.4, 0.5) is 0 Å². The van der Waals surface area contributed by atoms with Gasteiger partial charge in [0, 0.05) is 51.5 Å². The van der Waals surface area contributed by atoms with Gasteiger partial charge in [-0.15, -0.1) is 0 Å². The van der Waals surface area contributed by atoms with E-state index in [0.717, 1.165) is 37.6 Å². The van der Waals surface area contributed by atoms with Crippen LogP contribution in [0.3, 0.4) is 0 Å². The lowest BCUT2D eigenvalue weighted by Gasteiger charge is -2.68. The van der Waals surface area contributed by atoms with Crippen molar-refractivity contribution in [3.63, 3.8) is 0 Å². The Morgan fingerprint density at radius 3 is 2.38 bits per heavy atom. The number of methoxy groups -OCH3 is 2. The van der Waals surface area contributed by atoms with E-state index in [-0.39, 0.29) is 5.41 Å². The fraction of sp³-hybridized carbons (Fsp3) is 0.950. The van der Waals surface area contributed by atoms with Gasteiger partial charge in [-0.3, -0.25) is 4.79 Å². The van der Waals surface area contributed by atoms with E-state index in [1.165, 1.54) is 25.7 Å². The predicted octanol–water partition coefficient (Wildman–Crippen LogP) is 3.45. The number of likely N-dealkylation sites (tertiary alicyclic amines) is 1. The highest BCUT2D eigenvalue weighted by molar-refractivity contribution is 5.78. The number of fused-ring (bicyclic) bond motifs is 2. The molecule has 4 fully saturated rings. The maximum Gasteiger partial charge on any atom is 0.223 e. The minimum Gasteiger partial charge on any atom is -0.353 e. The number of carbonyl (C=O) groups excluding carboxylic acids is 1. The van der Waals surface area contributed by atoms with Gasteiger partial charge in [0.1, 0.15) is 0 Å². The Balaban J connectivity index is 1.39. The molecule has 1 spiro atoms. The average molecular weight is 335 g/mol. The number of amides is 1. The minimum absolute atomic E-state index is 0.227. The number of carbonyl (C=O) groups is 1. The molecule has 0 radical (unpaired) electrons. The summed E-state index contributed by atoms with van der Waals surface area (Å²) < 4.78 is 11.2. The van der Waals surface area contributed by atoms with Crippen molar-refractivity contribution in [3.05, 3.63) is 0 Å². The Morgan fingerprint density at radius 1 is 1.17 bits per heavy atom. The van der Waals surface area contributed by atoms with Crippen LogP contribution in [0.25, 0.3) is 0 Å². The third kappa shape index (κ3) is 2.36. The van der Waals surface area contributed by atoms with Crippen molar-refractivity contribution in [2.24, 2.45) is 29.1 Å². The molecule has 4 rings (SSSR count). The number of hydrogen-bond acceptors (Lipinski definition) is 3. The zero-order chi connectivity index (χ0) is 17.1. The van der Waals surface area contributed by atoms with E-state index >= 15 is 0 Å². The van der Waals surface area contributed by atoms with Crippen LogP contribution >= 0.6 is 0 Å². The van der Waals surface area contributed by atoms with Crippen LogP contribution in [-0.4, -0.2) is 43.4 Å². The van der Waals surface area contributed by atoms with Gasteiger partial charge in [0.2, 0.25) is 5.91 Å². The fourth-order valence-corrected chi connectivity index (χ4v) is 6.74. The molecule has 0 aromatic heterocycles. The number of rotatable bonds is 5. The maximum absolute atomic E-state index is 13.0. The van der Waals surface area contributed by atoms with E-state index < -0.39 is 5.79 Å². The van der Waals surface area contributed by atoms with Crippen LogP contribution in [-0.2, 0) is 14.3 Å². The number of nitrogens with zero attached hydrogens (tertiary/aromatic N) is 1. The van der Waals surface area contributed by atoms with E-state index in [4.69, 9.17) is 9.47 Å². The van der Waals surface area contributed by atoms with Gasteiger partial charge in [-0.1, -0.05) is 20.3 Å². The molecule has 4 nitrogen and oxygen atoms in total. The second-order valence-corrected chi connectivity index (χ2v) is 9.38. The minimum atomic E-state index is -0.410. The number of hydrogen-bond donors (Lipinski definition) is 0. The van der Waals surface area contributed by atoms with Crippen molar-refractivity contribution < 1.29 is 14.3 Å². The Hall–Kier alpha value is -0.610. The summed E-state index contributed by atoms with van der Waals surface area (Å²) in [4.78, 5) is 15.2. The van der Waals surface area contributed by atoms with Gasteiger partial charge < -0.3 is 14.4 Å². The molecule has 0 N–H and O–H groups in total. The highest BCUT2D eigenvalue weighted by Crippen LogP contribution is 2.61. The first-order chi connectivity index (χ1) is 11.4. The van der Waals surface area contributed by atoms with Gasteiger partial charge in [-0.25, -0.2) is 0 Å². The molecule has 1 saturated heterocycles. The van der Waals surface area contributed by atoms with E-state index in [9.17, 15) is 4.79 Å². The highest BCUT2D eigenvalue weighted by Gasteiger charge is 2.67. The normalized spacial score (nSPS) is 38.5. The lowest BCUT2D eigenvalue weighted by atomic mass is 9.52. The average Bonchev–Trinajstić information content (AvgIpc) is 3.08. The molecule has 24 heavy (non-hydrogen) atoms. The van der Waals surface area contributed by atoms with Crippen molar-refractivity contribution in [1.82, 2.24) is 4.90 Å². The smallest absolute Gasteiger partial charge is 0.223 e. The molecular weight excluding hydrogens is 302 g/mol. The monoisotopic (exact) mass is 335 g/mol. The summed E-state index contributed by atoms with van der Waals surface area (Å²) in [5.74, 6) is 2.92. The molecule has 136 valence electrons. The first kappa shape index (κ1) is 16.8. The summed E-state index contributed by atoms with van der Waals surface area (Å²) in [5, 5.41) is 0. The van der Waals surface area contributed by atoms with Gasteiger partial charge in [-0.2, -0.15) is 0 Å². The second-order valence-electron chi connectivity index (χ2n) is 9.38. The molecule has 1 aliphatic heterocycles. The Labute approximate surface area is 146 Å². The number of ether oxygens (including phenoxy) is 2. The zero-order valence-electron chi connectivity index (χ0n) is 15.7. The fourth-order valence-electron chi connectivity index (χ4n) is 6.74. The van der Waals surface area contributed by atoms with Gasteiger partial charge >= 0.3 is 0 Å². The summed E-state index contributed by atoms with van der Waals surface area (Å²) in [6, 6.07) is 0.363. The van der Waals surface area contributed by atoms with E-state index in [0.29, 0.717) is 23.8 Å². The Bertz CT molecular complexity index is 505. The van der Waals surface area contributed by atoms with Crippen LogP contribution in [0.2, 0.25) is 0 Å². The van der Waals surface area contributed by atoms with E-state index in [1.54, 1.807) is 14.2 Å². The summed E-state index contributed by atoms with van der Waals surface area (Å²) in [6.07, 6.45) is 8.11. The topological polar surface area (TPSA) is 38.8 Å². The first-order valence-corrected chi connectivity index (χ1v) is 9.82. The van der Waals surface area contributed by atoms with Gasteiger partial charge in [0.05, 0.1) is 0 Å². The standard InChI is InChI=1S/C20H33NO3/c1-13(2)18-19(10-20(11-19,23-3)24-4)12-21(18)17(22)9-16-8-14-5-6-15(16)7-14/h13-16,18H,5-12H2,1-4H3. The molecule has 3 aliphatic carbocycles. The van der Waals surface area contributed by atoms with Crippen molar-refractivity contribution in [2.75, 3.05) is 20.8 Å². The Kier molecular flexibility index (Phi) is 4.00. The molecule has 4 atom stereocenters. The first-order valence-electron chi connectivity index (χ1n) is 9.82. The summed E-state index contributed by atoms with van der Waals surface area (Å²) in [5.41, 5.74) is 0.227. The van der Waals surface area contributed by atoms with Crippen LogP contribution in [0, 0.1) is 29.1 Å². The largest absolute Gasteiger partial charge is 0.353 e.